The summed E-state index contributed by atoms with van der Waals surface area (Å²) in [6.45, 7) is 0.652. The van der Waals surface area contributed by atoms with Crippen molar-refractivity contribution in [1.29, 1.82) is 0 Å². The van der Waals surface area contributed by atoms with Gasteiger partial charge in [-0.2, -0.15) is 0 Å². The lowest BCUT2D eigenvalue weighted by molar-refractivity contribution is -0.134. The lowest BCUT2D eigenvalue weighted by Crippen LogP contribution is -2.40. The quantitative estimate of drug-likeness (QED) is 0.709. The van der Waals surface area contributed by atoms with E-state index in [2.05, 4.69) is 10.2 Å². The standard InChI is InChI=1S/C21H21FN4O/c22-18-11-5-4-8-16(18)14-20(27)25-13-7-6-12-19(25)21-24-23-15-26(21)17-9-2-1-3-10-17/h1-5,8-11,15,19H,6-7,12-14H2. The van der Waals surface area contributed by atoms with Gasteiger partial charge in [-0.1, -0.05) is 36.4 Å². The Hall–Kier alpha value is -3.02. The molecule has 2 aromatic carbocycles. The molecule has 0 bridgehead atoms. The third-order valence-electron chi connectivity index (χ3n) is 5.03. The van der Waals surface area contributed by atoms with Crippen LogP contribution in [0.3, 0.4) is 0 Å². The van der Waals surface area contributed by atoms with E-state index in [0.717, 1.165) is 30.8 Å². The van der Waals surface area contributed by atoms with E-state index in [0.29, 0.717) is 12.1 Å². The fourth-order valence-electron chi connectivity index (χ4n) is 3.66. The second kappa shape index (κ2) is 7.70. The number of para-hydroxylation sites is 1. The molecule has 5 nitrogen and oxygen atoms in total. The van der Waals surface area contributed by atoms with Gasteiger partial charge in [0.05, 0.1) is 12.5 Å². The van der Waals surface area contributed by atoms with Gasteiger partial charge in [0.25, 0.3) is 0 Å². The number of rotatable bonds is 4. The Morgan fingerprint density at radius 2 is 1.85 bits per heavy atom. The highest BCUT2D eigenvalue weighted by Crippen LogP contribution is 2.31. The number of carbonyl (C=O) groups is 1. The van der Waals surface area contributed by atoms with E-state index in [1.165, 1.54) is 6.07 Å². The molecule has 0 N–H and O–H groups in total. The van der Waals surface area contributed by atoms with Crippen molar-refractivity contribution in [1.82, 2.24) is 19.7 Å². The van der Waals surface area contributed by atoms with Crippen molar-refractivity contribution in [2.24, 2.45) is 0 Å². The maximum Gasteiger partial charge on any atom is 0.227 e. The average molecular weight is 364 g/mol. The molecule has 1 aliphatic heterocycles. The number of piperidine rings is 1. The SMILES string of the molecule is O=C(Cc1ccccc1F)N1CCCCC1c1nncn1-c1ccccc1. The van der Waals surface area contributed by atoms with Crippen LogP contribution in [0.5, 0.6) is 0 Å². The zero-order chi connectivity index (χ0) is 18.6. The van der Waals surface area contributed by atoms with Crippen molar-refractivity contribution in [3.8, 4) is 5.69 Å². The second-order valence-electron chi connectivity index (χ2n) is 6.76. The van der Waals surface area contributed by atoms with Gasteiger partial charge in [-0.3, -0.25) is 9.36 Å². The van der Waals surface area contributed by atoms with Crippen LogP contribution in [0.15, 0.2) is 60.9 Å². The predicted molar refractivity (Wildman–Crippen MR) is 99.8 cm³/mol. The minimum atomic E-state index is -0.341. The number of nitrogens with zero attached hydrogens (tertiary/aromatic N) is 4. The van der Waals surface area contributed by atoms with Crippen LogP contribution in [0.1, 0.15) is 36.7 Å². The number of amides is 1. The van der Waals surface area contributed by atoms with Crippen LogP contribution < -0.4 is 0 Å². The molecule has 27 heavy (non-hydrogen) atoms. The first kappa shape index (κ1) is 17.4. The summed E-state index contributed by atoms with van der Waals surface area (Å²) in [7, 11) is 0. The van der Waals surface area contributed by atoms with Gasteiger partial charge in [-0.15, -0.1) is 10.2 Å². The first-order valence-electron chi connectivity index (χ1n) is 9.22. The topological polar surface area (TPSA) is 51.0 Å². The third-order valence-corrected chi connectivity index (χ3v) is 5.03. The van der Waals surface area contributed by atoms with Crippen LogP contribution in [0.2, 0.25) is 0 Å². The van der Waals surface area contributed by atoms with Crippen LogP contribution in [-0.4, -0.2) is 32.1 Å². The van der Waals surface area contributed by atoms with Gasteiger partial charge in [0.1, 0.15) is 12.1 Å². The highest BCUT2D eigenvalue weighted by molar-refractivity contribution is 5.79. The van der Waals surface area contributed by atoms with Crippen LogP contribution >= 0.6 is 0 Å². The highest BCUT2D eigenvalue weighted by atomic mass is 19.1. The largest absolute Gasteiger partial charge is 0.332 e. The van der Waals surface area contributed by atoms with Crippen molar-refractivity contribution in [2.45, 2.75) is 31.7 Å². The van der Waals surface area contributed by atoms with Crippen molar-refractivity contribution in [3.05, 3.63) is 78.1 Å². The fourth-order valence-corrected chi connectivity index (χ4v) is 3.66. The number of benzene rings is 2. The minimum Gasteiger partial charge on any atom is -0.332 e. The lowest BCUT2D eigenvalue weighted by Gasteiger charge is -2.35. The second-order valence-corrected chi connectivity index (χ2v) is 6.76. The number of likely N-dealkylation sites (tertiary alicyclic amines) is 1. The Bertz CT molecular complexity index is 925. The smallest absolute Gasteiger partial charge is 0.227 e. The number of carbonyl (C=O) groups excluding carboxylic acids is 1. The molecule has 6 heteroatoms. The summed E-state index contributed by atoms with van der Waals surface area (Å²) in [4.78, 5) is 14.8. The molecular weight excluding hydrogens is 343 g/mol. The Kier molecular flexibility index (Phi) is 4.96. The average Bonchev–Trinajstić information content (AvgIpc) is 3.20. The monoisotopic (exact) mass is 364 g/mol. The summed E-state index contributed by atoms with van der Waals surface area (Å²) in [5.74, 6) is 0.335. The molecular formula is C21H21FN4O. The van der Waals surface area contributed by atoms with E-state index in [4.69, 9.17) is 0 Å². The summed E-state index contributed by atoms with van der Waals surface area (Å²) in [6, 6.07) is 16.1. The molecule has 0 saturated carbocycles. The van der Waals surface area contributed by atoms with Crippen molar-refractivity contribution < 1.29 is 9.18 Å². The van der Waals surface area contributed by atoms with Crippen molar-refractivity contribution in [3.63, 3.8) is 0 Å². The number of aromatic nitrogens is 3. The van der Waals surface area contributed by atoms with E-state index in [1.54, 1.807) is 24.5 Å². The molecule has 1 saturated heterocycles. The van der Waals surface area contributed by atoms with Crippen LogP contribution in [0.25, 0.3) is 5.69 Å². The van der Waals surface area contributed by atoms with Gasteiger partial charge >= 0.3 is 0 Å². The van der Waals surface area contributed by atoms with Gasteiger partial charge in [-0.05, 0) is 43.0 Å². The summed E-state index contributed by atoms with van der Waals surface area (Å²) in [5.41, 5.74) is 1.39. The number of halogens is 1. The number of hydrogen-bond donors (Lipinski definition) is 0. The summed E-state index contributed by atoms with van der Waals surface area (Å²) in [5, 5.41) is 8.40. The van der Waals surface area contributed by atoms with E-state index in [1.807, 2.05) is 39.8 Å². The highest BCUT2D eigenvalue weighted by Gasteiger charge is 2.31. The summed E-state index contributed by atoms with van der Waals surface area (Å²) in [6.07, 6.45) is 4.53. The maximum atomic E-state index is 14.0. The summed E-state index contributed by atoms with van der Waals surface area (Å²) < 4.78 is 15.9. The molecule has 138 valence electrons. The first-order valence-corrected chi connectivity index (χ1v) is 9.22. The zero-order valence-electron chi connectivity index (χ0n) is 15.0. The third kappa shape index (κ3) is 3.60. The predicted octanol–water partition coefficient (Wildman–Crippen LogP) is 3.70. The molecule has 1 aliphatic rings. The molecule has 0 spiro atoms. The van der Waals surface area contributed by atoms with Crippen LogP contribution in [-0.2, 0) is 11.2 Å². The normalized spacial score (nSPS) is 17.1. The Balaban J connectivity index is 1.61. The first-order chi connectivity index (χ1) is 13.2. The van der Waals surface area contributed by atoms with Crippen molar-refractivity contribution in [2.75, 3.05) is 6.54 Å². The molecule has 1 aromatic heterocycles. The summed E-state index contributed by atoms with van der Waals surface area (Å²) >= 11 is 0. The molecule has 1 atom stereocenters. The molecule has 4 rings (SSSR count). The van der Waals surface area contributed by atoms with Gasteiger partial charge in [0, 0.05) is 12.2 Å². The minimum absolute atomic E-state index is 0.0582. The molecule has 1 fully saturated rings. The molecule has 3 aromatic rings. The van der Waals surface area contributed by atoms with E-state index in [-0.39, 0.29) is 24.2 Å². The van der Waals surface area contributed by atoms with Gasteiger partial charge in [0.2, 0.25) is 5.91 Å². The maximum absolute atomic E-state index is 14.0. The number of hydrogen-bond acceptors (Lipinski definition) is 3. The lowest BCUT2D eigenvalue weighted by atomic mass is 9.99. The molecule has 2 heterocycles. The van der Waals surface area contributed by atoms with Crippen LogP contribution in [0, 0.1) is 5.82 Å². The van der Waals surface area contributed by atoms with Gasteiger partial charge < -0.3 is 4.90 Å². The molecule has 1 unspecified atom stereocenters. The molecule has 0 radical (unpaired) electrons. The molecule has 0 aliphatic carbocycles. The van der Waals surface area contributed by atoms with Gasteiger partial charge in [-0.25, -0.2) is 4.39 Å². The fraction of sp³-hybridized carbons (Fsp3) is 0.286. The zero-order valence-corrected chi connectivity index (χ0v) is 15.0. The van der Waals surface area contributed by atoms with Crippen molar-refractivity contribution >= 4 is 5.91 Å². The Morgan fingerprint density at radius 3 is 2.67 bits per heavy atom. The Labute approximate surface area is 157 Å². The van der Waals surface area contributed by atoms with Gasteiger partial charge in [0.15, 0.2) is 5.82 Å². The molecule has 1 amide bonds. The van der Waals surface area contributed by atoms with E-state index in [9.17, 15) is 9.18 Å². The van der Waals surface area contributed by atoms with E-state index < -0.39 is 0 Å². The van der Waals surface area contributed by atoms with E-state index >= 15 is 0 Å². The Morgan fingerprint density at radius 1 is 1.07 bits per heavy atom. The van der Waals surface area contributed by atoms with Crippen LogP contribution in [0.4, 0.5) is 4.39 Å².